The second kappa shape index (κ2) is 20.1. The van der Waals surface area contributed by atoms with Crippen LogP contribution in [0.4, 0.5) is 13.2 Å². The molecule has 10 nitrogen and oxygen atoms in total. The molecule has 2 aromatic heterocycles. The number of rotatable bonds is 2. The fourth-order valence-electron chi connectivity index (χ4n) is 4.98. The van der Waals surface area contributed by atoms with Crippen molar-refractivity contribution in [2.24, 2.45) is 0 Å². The quantitative estimate of drug-likeness (QED) is 0.273. The van der Waals surface area contributed by atoms with Gasteiger partial charge in [-0.25, -0.2) is 9.97 Å². The molecule has 2 aliphatic carbocycles. The minimum Gasteiger partial charge on any atom is -0.372 e. The first kappa shape index (κ1) is 38.9. The standard InChI is InChI=1S/C12H12N4.C10H11F3N4O.C6H10.C2H3N.2C2H6.H2/c1-2-13-12-10(1)11(8-5-14-15-6-8)7-3-9(4-7)16-12;11-10(12,13)9-15-2-1-7(16-9)8(18)17-5-3-14-4-6-17;1-2-6-4-3-5-6;1-2-3;2*1-2;/h1-3,5-6,9,12-13,16H,4H2,(H,14,15);1-2,14H,3-6H2;2H,3-5H2,1H3;1H3;2*1-2H3;1H. The van der Waals surface area contributed by atoms with Gasteiger partial charge < -0.3 is 15.5 Å². The number of piperazine rings is 1. The maximum Gasteiger partial charge on any atom is 0.451 e. The van der Waals surface area contributed by atoms with E-state index in [0.717, 1.165) is 12.6 Å². The van der Waals surface area contributed by atoms with Crippen LogP contribution in [0.5, 0.6) is 0 Å². The molecular weight excluding hydrogens is 607 g/mol. The van der Waals surface area contributed by atoms with Crippen LogP contribution in [0, 0.1) is 11.3 Å². The summed E-state index contributed by atoms with van der Waals surface area (Å²) in [5.74, 6) is -1.78. The SMILES string of the molecule is C1=CC2=C(c3cn[nH]c3)C3=CC(C3)NC2N1.CC.CC.CC#N.CC=C1CCC1.O=C(c1ccnc(C(F)(F)F)n1)N1CCNCC1.[HH]. The molecule has 4 N–H and O–H groups in total. The lowest BCUT2D eigenvalue weighted by Gasteiger charge is -2.27. The van der Waals surface area contributed by atoms with Crippen molar-refractivity contribution in [2.45, 2.75) is 85.6 Å². The average molecular weight is 658 g/mol. The summed E-state index contributed by atoms with van der Waals surface area (Å²) in [4.78, 5) is 19.8. The van der Waals surface area contributed by atoms with Crippen LogP contribution in [0.3, 0.4) is 0 Å². The molecule has 1 saturated carbocycles. The molecule has 6 aliphatic rings. The summed E-state index contributed by atoms with van der Waals surface area (Å²) in [6.45, 7) is 13.7. The fraction of sp³-hybridized carbons (Fsp3) is 0.500. The lowest BCUT2D eigenvalue weighted by molar-refractivity contribution is -0.145. The van der Waals surface area contributed by atoms with Gasteiger partial charge >= 0.3 is 6.18 Å². The molecule has 2 bridgehead atoms. The van der Waals surface area contributed by atoms with E-state index in [2.05, 4.69) is 61.3 Å². The van der Waals surface area contributed by atoms with Crippen LogP contribution in [0.25, 0.3) is 5.57 Å². The van der Waals surface area contributed by atoms with Gasteiger partial charge in [-0.3, -0.25) is 15.2 Å². The minimum atomic E-state index is -4.64. The van der Waals surface area contributed by atoms with E-state index in [4.69, 9.17) is 5.26 Å². The van der Waals surface area contributed by atoms with Crippen LogP contribution in [-0.2, 0) is 6.18 Å². The van der Waals surface area contributed by atoms with Crippen molar-refractivity contribution in [1.29, 1.82) is 5.26 Å². The first-order valence-electron chi connectivity index (χ1n) is 16.2. The summed E-state index contributed by atoms with van der Waals surface area (Å²) in [5, 5.41) is 24.2. The summed E-state index contributed by atoms with van der Waals surface area (Å²) in [5.41, 5.74) is 6.70. The second-order valence-corrected chi connectivity index (χ2v) is 10.2. The monoisotopic (exact) mass is 657 g/mol. The molecule has 0 aromatic carbocycles. The number of alkyl halides is 3. The number of H-pyrrole nitrogens is 1. The first-order valence-corrected chi connectivity index (χ1v) is 16.2. The van der Waals surface area contributed by atoms with E-state index in [1.54, 1.807) is 11.6 Å². The number of aromatic nitrogens is 4. The van der Waals surface area contributed by atoms with Gasteiger partial charge in [0.2, 0.25) is 5.82 Å². The van der Waals surface area contributed by atoms with Gasteiger partial charge in [-0.15, -0.1) is 0 Å². The number of allylic oxidation sites excluding steroid dienone is 3. The van der Waals surface area contributed by atoms with E-state index in [1.807, 2.05) is 46.3 Å². The highest BCUT2D eigenvalue weighted by Crippen LogP contribution is 2.40. The van der Waals surface area contributed by atoms with E-state index in [9.17, 15) is 18.0 Å². The van der Waals surface area contributed by atoms with Crippen LogP contribution in [0.1, 0.15) is 90.5 Å². The van der Waals surface area contributed by atoms with Crippen molar-refractivity contribution < 1.29 is 19.4 Å². The lowest BCUT2D eigenvalue weighted by Crippen LogP contribution is -2.46. The Balaban J connectivity index is 0.000000350. The highest BCUT2D eigenvalue weighted by molar-refractivity contribution is 5.92. The maximum atomic E-state index is 12.4. The summed E-state index contributed by atoms with van der Waals surface area (Å²) < 4.78 is 37.2. The second-order valence-electron chi connectivity index (χ2n) is 10.2. The Kier molecular flexibility index (Phi) is 16.6. The van der Waals surface area contributed by atoms with Gasteiger partial charge in [0.1, 0.15) is 11.9 Å². The molecule has 8 rings (SSSR count). The third-order valence-corrected chi connectivity index (χ3v) is 7.39. The molecule has 0 radical (unpaired) electrons. The Morgan fingerprint density at radius 3 is 2.34 bits per heavy atom. The normalized spacial score (nSPS) is 19.7. The van der Waals surface area contributed by atoms with Crippen molar-refractivity contribution in [1.82, 2.24) is 41.0 Å². The summed E-state index contributed by atoms with van der Waals surface area (Å²) >= 11 is 0. The molecule has 4 aliphatic heterocycles. The molecule has 0 spiro atoms. The molecule has 2 fully saturated rings. The molecule has 2 atom stereocenters. The first-order chi connectivity index (χ1) is 22.7. The molecule has 13 heteroatoms. The molecule has 258 valence electrons. The van der Waals surface area contributed by atoms with Gasteiger partial charge in [0.15, 0.2) is 0 Å². The largest absolute Gasteiger partial charge is 0.451 e. The van der Waals surface area contributed by atoms with Gasteiger partial charge in [-0.1, -0.05) is 45.4 Å². The number of carbonyl (C=O) groups is 1. The summed E-state index contributed by atoms with van der Waals surface area (Å²) in [6, 6.07) is 3.46. The number of amides is 1. The van der Waals surface area contributed by atoms with E-state index in [1.165, 1.54) is 59.4 Å². The van der Waals surface area contributed by atoms with Crippen LogP contribution in [0.2, 0.25) is 0 Å². The van der Waals surface area contributed by atoms with Gasteiger partial charge in [0, 0.05) is 58.5 Å². The van der Waals surface area contributed by atoms with Gasteiger partial charge in [-0.05, 0) is 67.7 Å². The molecule has 2 aromatic rings. The number of carbonyl (C=O) groups excluding carboxylic acids is 1. The number of hydrogen-bond acceptors (Lipinski definition) is 8. The Hall–Kier alpha value is -4.28. The van der Waals surface area contributed by atoms with Crippen molar-refractivity contribution in [3.63, 3.8) is 0 Å². The van der Waals surface area contributed by atoms with Crippen LogP contribution < -0.4 is 16.0 Å². The molecule has 1 amide bonds. The highest BCUT2D eigenvalue weighted by Gasteiger charge is 2.36. The fourth-order valence-corrected chi connectivity index (χ4v) is 4.98. The zero-order valence-corrected chi connectivity index (χ0v) is 28.2. The van der Waals surface area contributed by atoms with Gasteiger partial charge in [0.05, 0.1) is 12.3 Å². The van der Waals surface area contributed by atoms with Crippen LogP contribution in [-0.4, -0.2) is 69.4 Å². The third kappa shape index (κ3) is 11.2. The molecule has 1 saturated heterocycles. The Morgan fingerprint density at radius 1 is 1.17 bits per heavy atom. The van der Waals surface area contributed by atoms with Gasteiger partial charge in [0.25, 0.3) is 5.91 Å². The number of hydrogen-bond donors (Lipinski definition) is 4. The predicted octanol–water partition coefficient (Wildman–Crippen LogP) is 6.39. The van der Waals surface area contributed by atoms with Crippen molar-refractivity contribution in [3.8, 4) is 6.07 Å². The summed E-state index contributed by atoms with van der Waals surface area (Å²) in [7, 11) is 0. The summed E-state index contributed by atoms with van der Waals surface area (Å²) in [6.07, 6.45) is 14.4. The van der Waals surface area contributed by atoms with E-state index >= 15 is 0 Å². The third-order valence-electron chi connectivity index (χ3n) is 7.39. The number of nitrogens with one attached hydrogen (secondary N) is 4. The van der Waals surface area contributed by atoms with Crippen molar-refractivity contribution in [2.75, 3.05) is 26.2 Å². The van der Waals surface area contributed by atoms with Crippen molar-refractivity contribution in [3.05, 3.63) is 82.9 Å². The molecule has 6 heterocycles. The number of nitriles is 1. The maximum absolute atomic E-state index is 12.4. The lowest BCUT2D eigenvalue weighted by atomic mass is 9.84. The number of halogens is 3. The zero-order valence-electron chi connectivity index (χ0n) is 28.2. The van der Waals surface area contributed by atoms with E-state index < -0.39 is 17.9 Å². The topological polar surface area (TPSA) is 135 Å². The number of aromatic amines is 1. The van der Waals surface area contributed by atoms with Gasteiger partial charge in [-0.2, -0.15) is 23.5 Å². The predicted molar refractivity (Wildman–Crippen MR) is 181 cm³/mol. The van der Waals surface area contributed by atoms with Crippen LogP contribution >= 0.6 is 0 Å². The molecular formula is C34H50F3N9O. The Bertz CT molecular complexity index is 1420. The van der Waals surface area contributed by atoms with E-state index in [-0.39, 0.29) is 13.3 Å². The molecule has 2 unspecified atom stereocenters. The Labute approximate surface area is 277 Å². The smallest absolute Gasteiger partial charge is 0.372 e. The van der Waals surface area contributed by atoms with Crippen molar-refractivity contribution >= 4 is 11.5 Å². The van der Waals surface area contributed by atoms with Crippen LogP contribution in [0.15, 0.2) is 65.8 Å². The minimum absolute atomic E-state index is 0. The van der Waals surface area contributed by atoms with E-state index in [0.29, 0.717) is 32.2 Å². The highest BCUT2D eigenvalue weighted by atomic mass is 19.4. The zero-order chi connectivity index (χ0) is 34.8. The average Bonchev–Trinajstić information content (AvgIpc) is 3.71. The number of nitrogens with zero attached hydrogens (tertiary/aromatic N) is 5. The Morgan fingerprint density at radius 2 is 1.83 bits per heavy atom. The molecule has 47 heavy (non-hydrogen) atoms.